The van der Waals surface area contributed by atoms with Crippen LogP contribution < -0.4 is 0 Å². The first kappa shape index (κ1) is 17.3. The van der Waals surface area contributed by atoms with Crippen LogP contribution in [-0.2, 0) is 14.3 Å². The van der Waals surface area contributed by atoms with Crippen molar-refractivity contribution in [2.45, 2.75) is 52.1 Å². The summed E-state index contributed by atoms with van der Waals surface area (Å²) in [4.78, 5) is 11.0. The summed E-state index contributed by atoms with van der Waals surface area (Å²) in [6.07, 6.45) is 4.25. The van der Waals surface area contributed by atoms with E-state index in [1.165, 1.54) is 0 Å². The lowest BCUT2D eigenvalue weighted by molar-refractivity contribution is -0.284. The molecular formula is C16H28O3Si. The van der Waals surface area contributed by atoms with Crippen LogP contribution in [0.15, 0.2) is 23.9 Å². The minimum absolute atomic E-state index is 0.266. The second kappa shape index (κ2) is 6.37. The second-order valence-electron chi connectivity index (χ2n) is 7.38. The maximum atomic E-state index is 11.0. The average molecular weight is 296 g/mol. The lowest BCUT2D eigenvalue weighted by Crippen LogP contribution is -2.46. The maximum Gasteiger partial charge on any atom is 0.162 e. The van der Waals surface area contributed by atoms with Crippen molar-refractivity contribution >= 4 is 14.4 Å². The molecular weight excluding hydrogens is 268 g/mol. The molecule has 3 nitrogen and oxygen atoms in total. The molecule has 1 saturated heterocycles. The van der Waals surface area contributed by atoms with Gasteiger partial charge in [-0.3, -0.25) is 0 Å². The molecule has 0 bridgehead atoms. The number of aldehydes is 1. The summed E-state index contributed by atoms with van der Waals surface area (Å²) in [5.74, 6) is -0.554. The van der Waals surface area contributed by atoms with Gasteiger partial charge in [0.2, 0.25) is 0 Å². The highest BCUT2D eigenvalue weighted by atomic mass is 28.3. The van der Waals surface area contributed by atoms with Crippen molar-refractivity contribution in [3.05, 3.63) is 23.9 Å². The van der Waals surface area contributed by atoms with Crippen molar-refractivity contribution in [3.8, 4) is 0 Å². The first-order valence-corrected chi connectivity index (χ1v) is 10.7. The van der Waals surface area contributed by atoms with Crippen LogP contribution in [0.25, 0.3) is 0 Å². The summed E-state index contributed by atoms with van der Waals surface area (Å²) in [6, 6.07) is 0. The highest BCUT2D eigenvalue weighted by molar-refractivity contribution is 6.81. The van der Waals surface area contributed by atoms with Crippen LogP contribution in [0.2, 0.25) is 19.6 Å². The molecule has 1 fully saturated rings. The number of hydrogen-bond donors (Lipinski definition) is 0. The molecule has 0 atom stereocenters. The fourth-order valence-electron chi connectivity index (χ4n) is 2.11. The van der Waals surface area contributed by atoms with E-state index in [1.54, 1.807) is 0 Å². The van der Waals surface area contributed by atoms with E-state index in [9.17, 15) is 4.79 Å². The number of ether oxygens (including phenoxy) is 2. The molecule has 0 saturated carbocycles. The third-order valence-corrected chi connectivity index (χ3v) is 4.56. The molecule has 1 heterocycles. The van der Waals surface area contributed by atoms with Gasteiger partial charge in [-0.1, -0.05) is 43.6 Å². The zero-order valence-corrected chi connectivity index (χ0v) is 14.5. The summed E-state index contributed by atoms with van der Waals surface area (Å²) in [5, 5.41) is 0. The van der Waals surface area contributed by atoms with Crippen LogP contribution in [0.5, 0.6) is 0 Å². The highest BCUT2D eigenvalue weighted by Gasteiger charge is 2.39. The third kappa shape index (κ3) is 5.73. The molecule has 0 radical (unpaired) electrons. The molecule has 0 unspecified atom stereocenters. The summed E-state index contributed by atoms with van der Waals surface area (Å²) in [7, 11) is -1.23. The lowest BCUT2D eigenvalue weighted by Gasteiger charge is -2.43. The van der Waals surface area contributed by atoms with E-state index >= 15 is 0 Å². The molecule has 0 amide bonds. The molecule has 4 heteroatoms. The molecule has 0 N–H and O–H groups in total. The molecule has 20 heavy (non-hydrogen) atoms. The Labute approximate surface area is 124 Å². The average Bonchev–Trinajstić information content (AvgIpc) is 2.30. The van der Waals surface area contributed by atoms with Gasteiger partial charge in [0, 0.05) is 11.8 Å². The van der Waals surface area contributed by atoms with Crippen molar-refractivity contribution in [2.24, 2.45) is 5.41 Å². The van der Waals surface area contributed by atoms with Crippen LogP contribution >= 0.6 is 0 Å². The largest absolute Gasteiger partial charge is 0.350 e. The predicted molar refractivity (Wildman–Crippen MR) is 85.3 cm³/mol. The first-order chi connectivity index (χ1) is 9.08. The normalized spacial score (nSPS) is 21.9. The monoisotopic (exact) mass is 296 g/mol. The molecule has 114 valence electrons. The van der Waals surface area contributed by atoms with Crippen LogP contribution in [-0.4, -0.2) is 33.4 Å². The summed E-state index contributed by atoms with van der Waals surface area (Å²) < 4.78 is 11.5. The van der Waals surface area contributed by atoms with Gasteiger partial charge in [0.1, 0.15) is 6.29 Å². The van der Waals surface area contributed by atoms with Crippen molar-refractivity contribution in [1.29, 1.82) is 0 Å². The quantitative estimate of drug-likeness (QED) is 0.426. The van der Waals surface area contributed by atoms with E-state index in [0.29, 0.717) is 19.6 Å². The van der Waals surface area contributed by atoms with Crippen molar-refractivity contribution < 1.29 is 14.3 Å². The Morgan fingerprint density at radius 1 is 1.25 bits per heavy atom. The Bertz CT molecular complexity index is 381. The number of carbonyl (C=O) groups is 1. The molecule has 0 aromatic carbocycles. The number of rotatable bonds is 6. The van der Waals surface area contributed by atoms with Crippen molar-refractivity contribution in [1.82, 2.24) is 0 Å². The highest BCUT2D eigenvalue weighted by Crippen LogP contribution is 2.37. The fraction of sp³-hybridized carbons (Fsp3) is 0.688. The molecule has 0 aromatic heterocycles. The molecule has 0 spiro atoms. The number of allylic oxidation sites excluding steroid dienone is 2. The standard InChI is InChI=1S/C16H28O3Si/c1-14(7-10-20(4,5)6)11-16(8-9-17)12-18-15(2,3)19-13-16/h7,9-10H,1,8,11-13H2,2-6H3/b10-7+. The van der Waals surface area contributed by atoms with Gasteiger partial charge in [-0.15, -0.1) is 0 Å². The van der Waals surface area contributed by atoms with Gasteiger partial charge >= 0.3 is 0 Å². The van der Waals surface area contributed by atoms with Gasteiger partial charge in [0.25, 0.3) is 0 Å². The minimum Gasteiger partial charge on any atom is -0.350 e. The van der Waals surface area contributed by atoms with Gasteiger partial charge in [-0.05, 0) is 20.3 Å². The minimum atomic E-state index is -1.23. The lowest BCUT2D eigenvalue weighted by atomic mass is 9.80. The van der Waals surface area contributed by atoms with Crippen LogP contribution in [0.1, 0.15) is 26.7 Å². The Morgan fingerprint density at radius 2 is 1.80 bits per heavy atom. The smallest absolute Gasteiger partial charge is 0.162 e. The van der Waals surface area contributed by atoms with Crippen molar-refractivity contribution in [3.63, 3.8) is 0 Å². The summed E-state index contributed by atoms with van der Waals surface area (Å²) >= 11 is 0. The van der Waals surface area contributed by atoms with E-state index in [4.69, 9.17) is 9.47 Å². The van der Waals surface area contributed by atoms with E-state index in [1.807, 2.05) is 13.8 Å². The Hall–Kier alpha value is -0.713. The van der Waals surface area contributed by atoms with Crippen LogP contribution in [0.4, 0.5) is 0 Å². The van der Waals surface area contributed by atoms with Crippen LogP contribution in [0, 0.1) is 5.41 Å². The number of carbonyl (C=O) groups excluding carboxylic acids is 1. The molecule has 1 rings (SSSR count). The fourth-order valence-corrected chi connectivity index (χ4v) is 2.85. The van der Waals surface area contributed by atoms with E-state index < -0.39 is 13.9 Å². The maximum absolute atomic E-state index is 11.0. The number of hydrogen-bond acceptors (Lipinski definition) is 3. The topological polar surface area (TPSA) is 35.5 Å². The molecule has 0 aromatic rings. The first-order valence-electron chi connectivity index (χ1n) is 7.16. The Morgan fingerprint density at radius 3 is 2.25 bits per heavy atom. The molecule has 1 aliphatic heterocycles. The van der Waals surface area contributed by atoms with Crippen LogP contribution in [0.3, 0.4) is 0 Å². The summed E-state index contributed by atoms with van der Waals surface area (Å²) in [6.45, 7) is 15.9. The zero-order valence-electron chi connectivity index (χ0n) is 13.5. The third-order valence-electron chi connectivity index (χ3n) is 3.39. The Kier molecular flexibility index (Phi) is 5.52. The van der Waals surface area contributed by atoms with E-state index in [-0.39, 0.29) is 5.41 Å². The predicted octanol–water partition coefficient (Wildman–Crippen LogP) is 3.72. The van der Waals surface area contributed by atoms with Gasteiger partial charge < -0.3 is 14.3 Å². The van der Waals surface area contributed by atoms with E-state index in [0.717, 1.165) is 18.3 Å². The zero-order chi connectivity index (χ0) is 15.4. The SMILES string of the molecule is C=C(/C=C/[Si](C)(C)C)CC1(CC=O)COC(C)(C)OC1. The van der Waals surface area contributed by atoms with Gasteiger partial charge in [0.15, 0.2) is 5.79 Å². The second-order valence-corrected chi connectivity index (χ2v) is 12.4. The summed E-state index contributed by atoms with van der Waals surface area (Å²) in [5.41, 5.74) is 3.05. The van der Waals surface area contributed by atoms with Crippen molar-refractivity contribution in [2.75, 3.05) is 13.2 Å². The van der Waals surface area contributed by atoms with Gasteiger partial charge in [-0.25, -0.2) is 0 Å². The van der Waals surface area contributed by atoms with Gasteiger partial charge in [0.05, 0.1) is 21.3 Å². The van der Waals surface area contributed by atoms with Gasteiger partial charge in [-0.2, -0.15) is 0 Å². The molecule has 1 aliphatic rings. The molecule has 0 aliphatic carbocycles. The Balaban J connectivity index is 2.71. The van der Waals surface area contributed by atoms with E-state index in [2.05, 4.69) is 38.0 Å².